The molecule has 1 atom stereocenters. The molecule has 0 radical (unpaired) electrons. The van der Waals surface area contributed by atoms with Crippen LogP contribution in [0.3, 0.4) is 0 Å². The van der Waals surface area contributed by atoms with E-state index in [9.17, 15) is 9.59 Å². The van der Waals surface area contributed by atoms with Gasteiger partial charge in [-0.25, -0.2) is 5.48 Å². The second-order valence-corrected chi connectivity index (χ2v) is 3.68. The van der Waals surface area contributed by atoms with Crippen LogP contribution in [-0.2, 0) is 22.4 Å². The Morgan fingerprint density at radius 3 is 2.59 bits per heavy atom. The quantitative estimate of drug-likeness (QED) is 0.415. The zero-order valence-corrected chi connectivity index (χ0v) is 9.09. The first-order chi connectivity index (χ1) is 8.02. The van der Waals surface area contributed by atoms with Crippen molar-refractivity contribution in [1.82, 2.24) is 5.48 Å². The molecule has 17 heavy (non-hydrogen) atoms. The first kappa shape index (κ1) is 13.1. The molecule has 6 nitrogen and oxygen atoms in total. The summed E-state index contributed by atoms with van der Waals surface area (Å²) in [6.07, 6.45) is 0.233. The lowest BCUT2D eigenvalue weighted by molar-refractivity contribution is -0.138. The number of benzene rings is 1. The molecule has 1 aromatic rings. The Bertz CT molecular complexity index is 420. The van der Waals surface area contributed by atoms with Crippen LogP contribution in [0.15, 0.2) is 24.3 Å². The summed E-state index contributed by atoms with van der Waals surface area (Å²) in [5.74, 6) is -1.59. The number of carbonyl (C=O) groups is 2. The van der Waals surface area contributed by atoms with Crippen LogP contribution in [0.1, 0.15) is 11.1 Å². The molecule has 1 amide bonds. The molecule has 0 spiro atoms. The van der Waals surface area contributed by atoms with Gasteiger partial charge in [-0.3, -0.25) is 14.8 Å². The Balaban J connectivity index is 2.72. The number of hydrogen-bond donors (Lipinski definition) is 4. The molecule has 5 N–H and O–H groups in total. The van der Waals surface area contributed by atoms with Gasteiger partial charge in [0, 0.05) is 0 Å². The summed E-state index contributed by atoms with van der Waals surface area (Å²) in [5, 5.41) is 17.1. The van der Waals surface area contributed by atoms with Gasteiger partial charge >= 0.3 is 5.97 Å². The Morgan fingerprint density at radius 1 is 1.35 bits per heavy atom. The lowest BCUT2D eigenvalue weighted by Gasteiger charge is -2.07. The number of amides is 1. The van der Waals surface area contributed by atoms with Crippen LogP contribution < -0.4 is 11.2 Å². The van der Waals surface area contributed by atoms with E-state index in [1.807, 2.05) is 0 Å². The van der Waals surface area contributed by atoms with Crippen LogP contribution in [0.25, 0.3) is 0 Å². The van der Waals surface area contributed by atoms with E-state index < -0.39 is 17.9 Å². The molecule has 1 rings (SSSR count). The average molecular weight is 238 g/mol. The molecule has 0 unspecified atom stereocenters. The largest absolute Gasteiger partial charge is 0.480 e. The van der Waals surface area contributed by atoms with Gasteiger partial charge in [0.15, 0.2) is 0 Å². The van der Waals surface area contributed by atoms with Gasteiger partial charge in [0.1, 0.15) is 6.04 Å². The highest BCUT2D eigenvalue weighted by Crippen LogP contribution is 2.08. The molecule has 92 valence electrons. The molecule has 0 aliphatic rings. The number of carbonyl (C=O) groups excluding carboxylic acids is 1. The van der Waals surface area contributed by atoms with Crippen molar-refractivity contribution in [2.75, 3.05) is 0 Å². The molecule has 0 aromatic heterocycles. The minimum atomic E-state index is -1.07. The third kappa shape index (κ3) is 4.21. The summed E-state index contributed by atoms with van der Waals surface area (Å²) in [6.45, 7) is 0. The zero-order valence-electron chi connectivity index (χ0n) is 9.09. The minimum absolute atomic E-state index is 0.0344. The maximum Gasteiger partial charge on any atom is 0.320 e. The van der Waals surface area contributed by atoms with Gasteiger partial charge in [-0.15, -0.1) is 0 Å². The molecular weight excluding hydrogens is 224 g/mol. The van der Waals surface area contributed by atoms with Crippen LogP contribution in [0.2, 0.25) is 0 Å². The lowest BCUT2D eigenvalue weighted by atomic mass is 10.0. The van der Waals surface area contributed by atoms with Crippen LogP contribution in [0.4, 0.5) is 0 Å². The van der Waals surface area contributed by atoms with Crippen LogP contribution in [-0.4, -0.2) is 28.2 Å². The molecule has 0 bridgehead atoms. The Labute approximate surface area is 98.0 Å². The number of aliphatic carboxylic acids is 1. The summed E-state index contributed by atoms with van der Waals surface area (Å²) in [4.78, 5) is 21.5. The number of carboxylic acid groups (broad SMARTS) is 1. The van der Waals surface area contributed by atoms with Crippen LogP contribution in [0, 0.1) is 0 Å². The maximum absolute atomic E-state index is 10.9. The smallest absolute Gasteiger partial charge is 0.320 e. The van der Waals surface area contributed by atoms with Crippen molar-refractivity contribution in [2.45, 2.75) is 18.9 Å². The van der Waals surface area contributed by atoms with Crippen molar-refractivity contribution in [2.24, 2.45) is 5.73 Å². The van der Waals surface area contributed by atoms with Gasteiger partial charge in [-0.1, -0.05) is 24.3 Å². The second-order valence-electron chi connectivity index (χ2n) is 3.68. The highest BCUT2D eigenvalue weighted by Gasteiger charge is 2.12. The van der Waals surface area contributed by atoms with Crippen molar-refractivity contribution >= 4 is 11.9 Å². The third-order valence-corrected chi connectivity index (χ3v) is 2.25. The van der Waals surface area contributed by atoms with E-state index in [0.717, 1.165) is 5.56 Å². The molecule has 0 fully saturated rings. The van der Waals surface area contributed by atoms with Gasteiger partial charge in [0.2, 0.25) is 5.91 Å². The minimum Gasteiger partial charge on any atom is -0.480 e. The highest BCUT2D eigenvalue weighted by atomic mass is 16.5. The molecule has 0 aliphatic heterocycles. The van der Waals surface area contributed by atoms with Crippen LogP contribution in [0.5, 0.6) is 0 Å². The fourth-order valence-corrected chi connectivity index (χ4v) is 1.43. The first-order valence-corrected chi connectivity index (χ1v) is 5.02. The Kier molecular flexibility index (Phi) is 4.62. The fraction of sp³-hybridized carbons (Fsp3) is 0.273. The topological polar surface area (TPSA) is 113 Å². The summed E-state index contributed by atoms with van der Waals surface area (Å²) in [5.41, 5.74) is 8.37. The van der Waals surface area contributed by atoms with E-state index in [1.165, 1.54) is 5.48 Å². The van der Waals surface area contributed by atoms with Gasteiger partial charge in [0.05, 0.1) is 6.42 Å². The number of nitrogens with two attached hydrogens (primary N) is 1. The predicted molar refractivity (Wildman–Crippen MR) is 59.4 cm³/mol. The summed E-state index contributed by atoms with van der Waals surface area (Å²) in [6, 6.07) is 5.90. The number of carboxylic acids is 1. The number of nitrogens with one attached hydrogen (secondary N) is 1. The average Bonchev–Trinajstić information content (AvgIpc) is 2.29. The maximum atomic E-state index is 10.9. The summed E-state index contributed by atoms with van der Waals surface area (Å²) < 4.78 is 0. The van der Waals surface area contributed by atoms with Crippen molar-refractivity contribution in [3.8, 4) is 0 Å². The molecular formula is C11H14N2O4. The van der Waals surface area contributed by atoms with Crippen LogP contribution >= 0.6 is 0 Å². The van der Waals surface area contributed by atoms with Gasteiger partial charge in [-0.05, 0) is 17.5 Å². The van der Waals surface area contributed by atoms with Crippen molar-refractivity contribution in [3.05, 3.63) is 35.4 Å². The standard InChI is InChI=1S/C11H14N2O4/c12-9(11(15)16)5-7-2-1-3-8(4-7)6-10(14)13-17/h1-4,9,17H,5-6,12H2,(H,13,14)(H,15,16)/t9-/m1/s1. The zero-order chi connectivity index (χ0) is 12.8. The highest BCUT2D eigenvalue weighted by molar-refractivity contribution is 5.77. The molecule has 6 heteroatoms. The van der Waals surface area contributed by atoms with Gasteiger partial charge < -0.3 is 10.8 Å². The summed E-state index contributed by atoms with van der Waals surface area (Å²) >= 11 is 0. The normalized spacial score (nSPS) is 11.9. The number of rotatable bonds is 5. The van der Waals surface area contributed by atoms with Gasteiger partial charge in [0.25, 0.3) is 0 Å². The lowest BCUT2D eigenvalue weighted by Crippen LogP contribution is -2.32. The van der Waals surface area contributed by atoms with Crippen molar-refractivity contribution in [3.63, 3.8) is 0 Å². The van der Waals surface area contributed by atoms with E-state index >= 15 is 0 Å². The third-order valence-electron chi connectivity index (χ3n) is 2.25. The first-order valence-electron chi connectivity index (χ1n) is 5.02. The van der Waals surface area contributed by atoms with Crippen molar-refractivity contribution < 1.29 is 19.9 Å². The second kappa shape index (κ2) is 5.97. The molecule has 0 aliphatic carbocycles. The number of hydrogen-bond acceptors (Lipinski definition) is 4. The van der Waals surface area contributed by atoms with E-state index in [-0.39, 0.29) is 12.8 Å². The monoisotopic (exact) mass is 238 g/mol. The van der Waals surface area contributed by atoms with E-state index in [2.05, 4.69) is 0 Å². The Hall–Kier alpha value is -1.92. The summed E-state index contributed by atoms with van der Waals surface area (Å²) in [7, 11) is 0. The van der Waals surface area contributed by atoms with Gasteiger partial charge in [-0.2, -0.15) is 0 Å². The van der Waals surface area contributed by atoms with Crippen molar-refractivity contribution in [1.29, 1.82) is 0 Å². The Morgan fingerprint density at radius 2 is 2.00 bits per heavy atom. The predicted octanol–water partition coefficient (Wildman–Crippen LogP) is -0.311. The van der Waals surface area contributed by atoms with E-state index in [1.54, 1.807) is 24.3 Å². The molecule has 0 saturated carbocycles. The number of hydroxylamine groups is 1. The van der Waals surface area contributed by atoms with E-state index in [0.29, 0.717) is 5.56 Å². The molecule has 0 saturated heterocycles. The van der Waals surface area contributed by atoms with E-state index in [4.69, 9.17) is 16.0 Å². The SMILES string of the molecule is N[C@H](Cc1cccc(CC(=O)NO)c1)C(=O)O. The fourth-order valence-electron chi connectivity index (χ4n) is 1.43. The molecule has 0 heterocycles. The molecule has 1 aromatic carbocycles.